The van der Waals surface area contributed by atoms with Crippen LogP contribution in [-0.4, -0.2) is 60.6 Å². The van der Waals surface area contributed by atoms with Gasteiger partial charge in [0.1, 0.15) is 12.4 Å². The van der Waals surface area contributed by atoms with Crippen molar-refractivity contribution in [2.24, 2.45) is 0 Å². The van der Waals surface area contributed by atoms with Gasteiger partial charge in [-0.05, 0) is 26.2 Å². The monoisotopic (exact) mass is 312 g/mol. The van der Waals surface area contributed by atoms with E-state index < -0.39 is 5.97 Å². The van der Waals surface area contributed by atoms with Gasteiger partial charge in [-0.3, -0.25) is 9.59 Å². The van der Waals surface area contributed by atoms with Crippen LogP contribution < -0.4 is 10.1 Å². The number of aliphatic carboxylic acids is 1. The smallest absolute Gasteiger partial charge is 0.313 e. The van der Waals surface area contributed by atoms with E-state index in [9.17, 15) is 9.59 Å². The molecule has 0 saturated heterocycles. The van der Waals surface area contributed by atoms with Gasteiger partial charge in [-0.2, -0.15) is 0 Å². The Labute approximate surface area is 128 Å². The first-order valence-corrected chi connectivity index (χ1v) is 7.60. The number of benzene rings is 1. The number of amides is 1. The first-order chi connectivity index (χ1) is 9.97. The lowest BCUT2D eigenvalue weighted by Gasteiger charge is -2.12. The lowest BCUT2D eigenvalue weighted by molar-refractivity contribution is -0.133. The molecule has 0 atom stereocenters. The predicted octanol–water partition coefficient (Wildman–Crippen LogP) is 1.38. The minimum Gasteiger partial charge on any atom is -0.492 e. The van der Waals surface area contributed by atoms with Crippen LogP contribution in [0.1, 0.15) is 0 Å². The highest BCUT2D eigenvalue weighted by molar-refractivity contribution is 8.00. The summed E-state index contributed by atoms with van der Waals surface area (Å²) in [5.74, 6) is -0.442. The van der Waals surface area contributed by atoms with Crippen molar-refractivity contribution >= 4 is 29.3 Å². The second-order valence-corrected chi connectivity index (χ2v) is 5.60. The molecule has 116 valence electrons. The minimum atomic E-state index is -0.927. The fraction of sp³-hybridized carbons (Fsp3) is 0.429. The lowest BCUT2D eigenvalue weighted by atomic mass is 10.3. The summed E-state index contributed by atoms with van der Waals surface area (Å²) in [6, 6.07) is 7.13. The van der Waals surface area contributed by atoms with Crippen LogP contribution in [0.5, 0.6) is 5.75 Å². The summed E-state index contributed by atoms with van der Waals surface area (Å²) in [7, 11) is 3.93. The summed E-state index contributed by atoms with van der Waals surface area (Å²) in [4.78, 5) is 24.0. The van der Waals surface area contributed by atoms with E-state index >= 15 is 0 Å². The normalized spacial score (nSPS) is 10.4. The van der Waals surface area contributed by atoms with Crippen molar-refractivity contribution in [1.82, 2.24) is 4.90 Å². The quantitative estimate of drug-likeness (QED) is 0.717. The molecule has 0 heterocycles. The van der Waals surface area contributed by atoms with E-state index in [0.717, 1.165) is 18.3 Å². The lowest BCUT2D eigenvalue weighted by Crippen LogP contribution is -2.19. The first-order valence-electron chi connectivity index (χ1n) is 6.44. The number of rotatable bonds is 9. The Morgan fingerprint density at radius 3 is 2.76 bits per heavy atom. The van der Waals surface area contributed by atoms with Crippen LogP contribution in [0.3, 0.4) is 0 Å². The topological polar surface area (TPSA) is 78.9 Å². The fourth-order valence-corrected chi connectivity index (χ4v) is 1.97. The molecule has 0 radical (unpaired) electrons. The van der Waals surface area contributed by atoms with E-state index in [2.05, 4.69) is 5.32 Å². The van der Waals surface area contributed by atoms with Gasteiger partial charge in [0.25, 0.3) is 0 Å². The van der Waals surface area contributed by atoms with E-state index in [1.165, 1.54) is 0 Å². The number of ether oxygens (including phenoxy) is 1. The number of anilines is 1. The molecule has 0 saturated carbocycles. The van der Waals surface area contributed by atoms with Crippen molar-refractivity contribution in [3.05, 3.63) is 24.3 Å². The number of carbonyl (C=O) groups excluding carboxylic acids is 1. The molecular formula is C14H20N2O4S. The van der Waals surface area contributed by atoms with Crippen molar-refractivity contribution in [2.75, 3.05) is 44.1 Å². The first kappa shape index (κ1) is 17.3. The molecule has 1 aromatic carbocycles. The number of carboxylic acids is 1. The van der Waals surface area contributed by atoms with Crippen LogP contribution in [0.25, 0.3) is 0 Å². The van der Waals surface area contributed by atoms with Crippen molar-refractivity contribution < 1.29 is 19.4 Å². The predicted molar refractivity (Wildman–Crippen MR) is 84.1 cm³/mol. The minimum absolute atomic E-state index is 0.0822. The van der Waals surface area contributed by atoms with Gasteiger partial charge >= 0.3 is 5.97 Å². The van der Waals surface area contributed by atoms with E-state index in [1.54, 1.807) is 18.2 Å². The van der Waals surface area contributed by atoms with E-state index in [1.807, 2.05) is 25.1 Å². The average Bonchev–Trinajstić information content (AvgIpc) is 2.38. The highest BCUT2D eigenvalue weighted by atomic mass is 32.2. The zero-order chi connectivity index (χ0) is 15.7. The number of hydrogen-bond acceptors (Lipinski definition) is 5. The Morgan fingerprint density at radius 1 is 1.33 bits per heavy atom. The molecule has 0 aliphatic rings. The summed E-state index contributed by atoms with van der Waals surface area (Å²) in [5.41, 5.74) is 0.637. The van der Waals surface area contributed by atoms with Crippen molar-refractivity contribution in [3.8, 4) is 5.75 Å². The van der Waals surface area contributed by atoms with Gasteiger partial charge in [0.15, 0.2) is 0 Å². The van der Waals surface area contributed by atoms with Crippen molar-refractivity contribution in [2.45, 2.75) is 0 Å². The number of carboxylic acid groups (broad SMARTS) is 1. The summed E-state index contributed by atoms with van der Waals surface area (Å²) in [6.45, 7) is 1.38. The van der Waals surface area contributed by atoms with Crippen LogP contribution in [0.15, 0.2) is 24.3 Å². The largest absolute Gasteiger partial charge is 0.492 e. The molecule has 21 heavy (non-hydrogen) atoms. The van der Waals surface area contributed by atoms with Crippen LogP contribution >= 0.6 is 11.8 Å². The highest BCUT2D eigenvalue weighted by Gasteiger charge is 2.05. The standard InChI is InChI=1S/C14H20N2O4S/c1-16(2)6-7-20-12-5-3-4-11(8-12)15-13(17)9-21-10-14(18)19/h3-5,8H,6-7,9-10H2,1-2H3,(H,15,17)(H,18,19). The molecule has 0 bridgehead atoms. The van der Waals surface area contributed by atoms with Gasteiger partial charge in [0, 0.05) is 18.3 Å². The Bertz CT molecular complexity index is 480. The molecule has 6 nitrogen and oxygen atoms in total. The highest BCUT2D eigenvalue weighted by Crippen LogP contribution is 2.17. The third-order valence-corrected chi connectivity index (χ3v) is 3.30. The average molecular weight is 312 g/mol. The molecule has 0 fully saturated rings. The Hall–Kier alpha value is -1.73. The number of carbonyl (C=O) groups is 2. The van der Waals surface area contributed by atoms with Crippen LogP contribution in [0.2, 0.25) is 0 Å². The van der Waals surface area contributed by atoms with Crippen LogP contribution in [0, 0.1) is 0 Å². The van der Waals surface area contributed by atoms with E-state index in [4.69, 9.17) is 9.84 Å². The zero-order valence-electron chi connectivity index (χ0n) is 12.2. The molecule has 1 amide bonds. The number of likely N-dealkylation sites (N-methyl/N-ethyl adjacent to an activating group) is 1. The van der Waals surface area contributed by atoms with E-state index in [0.29, 0.717) is 18.0 Å². The maximum Gasteiger partial charge on any atom is 0.313 e. The van der Waals surface area contributed by atoms with E-state index in [-0.39, 0.29) is 17.4 Å². The van der Waals surface area contributed by atoms with Gasteiger partial charge in [-0.15, -0.1) is 11.8 Å². The summed E-state index contributed by atoms with van der Waals surface area (Å²) < 4.78 is 5.58. The summed E-state index contributed by atoms with van der Waals surface area (Å²) >= 11 is 1.06. The third kappa shape index (κ3) is 8.21. The van der Waals surface area contributed by atoms with Gasteiger partial charge in [-0.25, -0.2) is 0 Å². The van der Waals surface area contributed by atoms with Gasteiger partial charge < -0.3 is 20.1 Å². The molecule has 0 unspecified atom stereocenters. The molecule has 1 rings (SSSR count). The SMILES string of the molecule is CN(C)CCOc1cccc(NC(=O)CSCC(=O)O)c1. The number of nitrogens with one attached hydrogen (secondary N) is 1. The van der Waals surface area contributed by atoms with Gasteiger partial charge in [-0.1, -0.05) is 6.07 Å². The summed E-state index contributed by atoms with van der Waals surface area (Å²) in [6.07, 6.45) is 0. The second-order valence-electron chi connectivity index (χ2n) is 4.61. The number of thioether (sulfide) groups is 1. The van der Waals surface area contributed by atoms with Gasteiger partial charge in [0.05, 0.1) is 11.5 Å². The number of nitrogens with zero attached hydrogens (tertiary/aromatic N) is 1. The summed E-state index contributed by atoms with van der Waals surface area (Å²) in [5, 5.41) is 11.2. The Morgan fingerprint density at radius 2 is 2.10 bits per heavy atom. The zero-order valence-corrected chi connectivity index (χ0v) is 13.0. The van der Waals surface area contributed by atoms with Crippen molar-refractivity contribution in [1.29, 1.82) is 0 Å². The molecule has 0 spiro atoms. The molecule has 7 heteroatoms. The molecule has 1 aromatic rings. The van der Waals surface area contributed by atoms with Crippen LogP contribution in [0.4, 0.5) is 5.69 Å². The van der Waals surface area contributed by atoms with Gasteiger partial charge in [0.2, 0.25) is 5.91 Å². The fourth-order valence-electron chi connectivity index (χ4n) is 1.44. The second kappa shape index (κ2) is 9.25. The Kier molecular flexibility index (Phi) is 7.63. The molecule has 0 aromatic heterocycles. The Balaban J connectivity index is 2.41. The van der Waals surface area contributed by atoms with Crippen molar-refractivity contribution in [3.63, 3.8) is 0 Å². The third-order valence-electron chi connectivity index (χ3n) is 2.38. The maximum atomic E-state index is 11.6. The molecule has 2 N–H and O–H groups in total. The molecule has 0 aliphatic carbocycles. The van der Waals surface area contributed by atoms with Crippen LogP contribution in [-0.2, 0) is 9.59 Å². The maximum absolute atomic E-state index is 11.6. The molecular weight excluding hydrogens is 292 g/mol. The molecule has 0 aliphatic heterocycles. The number of hydrogen-bond donors (Lipinski definition) is 2.